The van der Waals surface area contributed by atoms with Crippen LogP contribution in [-0.4, -0.2) is 31.8 Å². The second kappa shape index (κ2) is 6.40. The van der Waals surface area contributed by atoms with Crippen LogP contribution in [0.15, 0.2) is 25.2 Å². The van der Waals surface area contributed by atoms with E-state index in [0.29, 0.717) is 18.1 Å². The summed E-state index contributed by atoms with van der Waals surface area (Å²) in [6, 6.07) is -0.306. The molecule has 0 fully saturated rings. The van der Waals surface area contributed by atoms with Crippen molar-refractivity contribution in [2.24, 2.45) is 0 Å². The first-order chi connectivity index (χ1) is 9.52. The van der Waals surface area contributed by atoms with E-state index in [1.807, 2.05) is 10.8 Å². The lowest BCUT2D eigenvalue weighted by Crippen LogP contribution is -2.32. The largest absolute Gasteiger partial charge is 0.465 e. The molecular formula is C12H12ClIN4O2. The maximum absolute atomic E-state index is 10.6. The van der Waals surface area contributed by atoms with Crippen LogP contribution in [0.3, 0.4) is 0 Å². The minimum Gasteiger partial charge on any atom is -0.465 e. The van der Waals surface area contributed by atoms with Crippen molar-refractivity contribution < 1.29 is 9.90 Å². The summed E-state index contributed by atoms with van der Waals surface area (Å²) in [5.41, 5.74) is 0.743. The molecule has 0 radical (unpaired) electrons. The third-order valence-corrected chi connectivity index (χ3v) is 3.94. The molecule has 2 aromatic rings. The molecule has 0 saturated carbocycles. The number of aryl methyl sites for hydroxylation is 1. The molecule has 0 bridgehead atoms. The molecule has 0 aliphatic heterocycles. The Morgan fingerprint density at radius 2 is 2.40 bits per heavy atom. The predicted molar refractivity (Wildman–Crippen MR) is 85.0 cm³/mol. The van der Waals surface area contributed by atoms with E-state index in [2.05, 4.69) is 44.5 Å². The molecule has 0 saturated heterocycles. The highest BCUT2D eigenvalue weighted by atomic mass is 127. The molecule has 1 atom stereocenters. The molecule has 8 heteroatoms. The highest BCUT2D eigenvalue weighted by Gasteiger charge is 2.13. The number of aromatic nitrogens is 3. The maximum Gasteiger partial charge on any atom is 0.405 e. The Hall–Kier alpha value is -1.35. The molecule has 0 aliphatic rings. The van der Waals surface area contributed by atoms with Crippen LogP contribution >= 0.6 is 34.2 Å². The van der Waals surface area contributed by atoms with Crippen molar-refractivity contribution in [1.82, 2.24) is 19.9 Å². The molecule has 0 spiro atoms. The van der Waals surface area contributed by atoms with Gasteiger partial charge in [-0.15, -0.1) is 6.58 Å². The number of amides is 1. The van der Waals surface area contributed by atoms with Crippen molar-refractivity contribution in [3.63, 3.8) is 0 Å². The maximum atomic E-state index is 10.6. The van der Waals surface area contributed by atoms with E-state index in [0.717, 1.165) is 14.6 Å². The lowest BCUT2D eigenvalue weighted by atomic mass is 10.2. The first-order valence-corrected chi connectivity index (χ1v) is 7.25. The van der Waals surface area contributed by atoms with Crippen LogP contribution < -0.4 is 5.32 Å². The van der Waals surface area contributed by atoms with Crippen LogP contribution in [0, 0.1) is 3.57 Å². The van der Waals surface area contributed by atoms with Gasteiger partial charge in [0.1, 0.15) is 17.1 Å². The van der Waals surface area contributed by atoms with Gasteiger partial charge in [0.25, 0.3) is 0 Å². The van der Waals surface area contributed by atoms with Crippen LogP contribution in [0.25, 0.3) is 11.0 Å². The van der Waals surface area contributed by atoms with Crippen molar-refractivity contribution in [2.75, 3.05) is 0 Å². The van der Waals surface area contributed by atoms with Crippen LogP contribution in [0.5, 0.6) is 0 Å². The van der Waals surface area contributed by atoms with E-state index in [1.54, 1.807) is 6.08 Å². The number of fused-ring (bicyclic) bond motifs is 1. The normalized spacial score (nSPS) is 12.3. The Labute approximate surface area is 134 Å². The number of hydrogen-bond acceptors (Lipinski definition) is 3. The van der Waals surface area contributed by atoms with Crippen molar-refractivity contribution in [1.29, 1.82) is 0 Å². The van der Waals surface area contributed by atoms with E-state index < -0.39 is 6.09 Å². The quantitative estimate of drug-likeness (QED) is 0.455. The fourth-order valence-electron chi connectivity index (χ4n) is 1.90. The van der Waals surface area contributed by atoms with Gasteiger partial charge in [-0.2, -0.15) is 0 Å². The van der Waals surface area contributed by atoms with E-state index in [1.165, 1.54) is 6.33 Å². The average molecular weight is 407 g/mol. The van der Waals surface area contributed by atoms with Crippen LogP contribution in [0.4, 0.5) is 4.79 Å². The highest BCUT2D eigenvalue weighted by molar-refractivity contribution is 14.1. The predicted octanol–water partition coefficient (Wildman–Crippen LogP) is 2.90. The molecule has 0 aliphatic carbocycles. The summed E-state index contributed by atoms with van der Waals surface area (Å²) in [5.74, 6) is 0. The van der Waals surface area contributed by atoms with Crippen molar-refractivity contribution in [2.45, 2.75) is 19.0 Å². The molecule has 0 aromatic carbocycles. The van der Waals surface area contributed by atoms with Gasteiger partial charge in [-0.05, 0) is 29.0 Å². The molecule has 6 nitrogen and oxygen atoms in total. The van der Waals surface area contributed by atoms with Gasteiger partial charge in [0.2, 0.25) is 0 Å². The van der Waals surface area contributed by atoms with Gasteiger partial charge in [0.05, 0.1) is 11.4 Å². The van der Waals surface area contributed by atoms with Gasteiger partial charge in [0, 0.05) is 16.3 Å². The fourth-order valence-corrected chi connectivity index (χ4v) is 3.12. The summed E-state index contributed by atoms with van der Waals surface area (Å²) < 4.78 is 2.90. The summed E-state index contributed by atoms with van der Waals surface area (Å²) in [6.45, 7) is 4.23. The lowest BCUT2D eigenvalue weighted by Gasteiger charge is -2.13. The highest BCUT2D eigenvalue weighted by Crippen LogP contribution is 2.26. The standard InChI is InChI=1S/C12H12ClIN4O2/c1-2-7(17-12(19)20)3-4-18-5-8(14)9-10(13)15-6-16-11(9)18/h2,5-7,17H,1,3-4H2,(H,19,20)/t7-/m0/s1. The fraction of sp³-hybridized carbons (Fsp3) is 0.250. The molecule has 2 heterocycles. The topological polar surface area (TPSA) is 80.0 Å². The van der Waals surface area contributed by atoms with Gasteiger partial charge < -0.3 is 15.0 Å². The molecule has 20 heavy (non-hydrogen) atoms. The molecule has 2 N–H and O–H groups in total. The van der Waals surface area contributed by atoms with E-state index >= 15 is 0 Å². The van der Waals surface area contributed by atoms with Gasteiger partial charge in [0.15, 0.2) is 0 Å². The number of carboxylic acid groups (broad SMARTS) is 1. The minimum absolute atomic E-state index is 0.306. The number of carbonyl (C=O) groups is 1. The third kappa shape index (κ3) is 3.21. The summed E-state index contributed by atoms with van der Waals surface area (Å²) in [6.07, 6.45) is 4.43. The monoisotopic (exact) mass is 406 g/mol. The molecule has 2 rings (SSSR count). The Morgan fingerprint density at radius 1 is 1.65 bits per heavy atom. The zero-order valence-corrected chi connectivity index (χ0v) is 13.3. The van der Waals surface area contributed by atoms with Gasteiger partial charge in [-0.3, -0.25) is 0 Å². The second-order valence-electron chi connectivity index (χ2n) is 4.11. The SMILES string of the molecule is C=C[C@@H](CCn1cc(I)c2c(Cl)ncnc21)NC(=O)O. The number of halogens is 2. The third-order valence-electron chi connectivity index (χ3n) is 2.84. The summed E-state index contributed by atoms with van der Waals surface area (Å²) in [7, 11) is 0. The summed E-state index contributed by atoms with van der Waals surface area (Å²) >= 11 is 8.23. The van der Waals surface area contributed by atoms with Gasteiger partial charge in [-0.1, -0.05) is 17.7 Å². The van der Waals surface area contributed by atoms with Crippen molar-refractivity contribution in [3.8, 4) is 0 Å². The van der Waals surface area contributed by atoms with Gasteiger partial charge in [-0.25, -0.2) is 14.8 Å². The zero-order valence-electron chi connectivity index (χ0n) is 10.4. The minimum atomic E-state index is -1.06. The number of nitrogens with one attached hydrogen (secondary N) is 1. The van der Waals surface area contributed by atoms with E-state index in [-0.39, 0.29) is 6.04 Å². The first kappa shape index (κ1) is 15.0. The first-order valence-electron chi connectivity index (χ1n) is 5.79. The molecular weight excluding hydrogens is 395 g/mol. The van der Waals surface area contributed by atoms with E-state index in [4.69, 9.17) is 16.7 Å². The Morgan fingerprint density at radius 3 is 3.05 bits per heavy atom. The number of rotatable bonds is 5. The Kier molecular flexibility index (Phi) is 4.81. The summed E-state index contributed by atoms with van der Waals surface area (Å²) in [5, 5.41) is 12.3. The number of hydrogen-bond donors (Lipinski definition) is 2. The van der Waals surface area contributed by atoms with Crippen molar-refractivity contribution in [3.05, 3.63) is 33.9 Å². The van der Waals surface area contributed by atoms with Gasteiger partial charge >= 0.3 is 6.09 Å². The lowest BCUT2D eigenvalue weighted by molar-refractivity contribution is 0.191. The summed E-state index contributed by atoms with van der Waals surface area (Å²) in [4.78, 5) is 18.8. The Bertz CT molecular complexity index is 658. The molecule has 106 valence electrons. The van der Waals surface area contributed by atoms with Crippen LogP contribution in [0.1, 0.15) is 6.42 Å². The smallest absolute Gasteiger partial charge is 0.405 e. The zero-order chi connectivity index (χ0) is 14.7. The van der Waals surface area contributed by atoms with Crippen LogP contribution in [-0.2, 0) is 6.54 Å². The van der Waals surface area contributed by atoms with E-state index in [9.17, 15) is 4.79 Å². The second-order valence-corrected chi connectivity index (χ2v) is 5.63. The Balaban J connectivity index is 2.20. The van der Waals surface area contributed by atoms with Crippen molar-refractivity contribution >= 4 is 51.3 Å². The average Bonchev–Trinajstić information content (AvgIpc) is 2.72. The molecule has 2 aromatic heterocycles. The molecule has 0 unspecified atom stereocenters. The van der Waals surface area contributed by atoms with Crippen LogP contribution in [0.2, 0.25) is 5.15 Å². The number of nitrogens with zero attached hydrogens (tertiary/aromatic N) is 3. The molecule has 1 amide bonds.